The summed E-state index contributed by atoms with van der Waals surface area (Å²) in [6.07, 6.45) is 2.21. The number of hydrogen-bond donors (Lipinski definition) is 1. The van der Waals surface area contributed by atoms with Crippen molar-refractivity contribution in [2.45, 2.75) is 31.4 Å². The molecule has 0 amide bonds. The largest absolute Gasteiger partial charge is 0.377 e. The predicted octanol–water partition coefficient (Wildman–Crippen LogP) is 2.59. The van der Waals surface area contributed by atoms with E-state index in [0.29, 0.717) is 0 Å². The van der Waals surface area contributed by atoms with Gasteiger partial charge in [0.1, 0.15) is 5.82 Å². The topological polar surface area (TPSA) is 24.5 Å². The highest BCUT2D eigenvalue weighted by molar-refractivity contribution is 5.21. The zero-order chi connectivity index (χ0) is 14.6. The van der Waals surface area contributed by atoms with Crippen molar-refractivity contribution < 1.29 is 9.13 Å². The first-order chi connectivity index (χ1) is 9.58. The lowest BCUT2D eigenvalue weighted by atomic mass is 9.94. The quantitative estimate of drug-likeness (QED) is 0.897. The van der Waals surface area contributed by atoms with Crippen LogP contribution in [0.15, 0.2) is 24.3 Å². The molecule has 0 bridgehead atoms. The number of likely N-dealkylation sites (tertiary alicyclic amines) is 1. The van der Waals surface area contributed by atoms with E-state index in [1.807, 2.05) is 19.2 Å². The van der Waals surface area contributed by atoms with E-state index in [1.54, 1.807) is 13.2 Å². The molecular formula is C16H25FN2O. The van der Waals surface area contributed by atoms with Gasteiger partial charge in [-0.25, -0.2) is 4.39 Å². The van der Waals surface area contributed by atoms with Crippen molar-refractivity contribution in [2.75, 3.05) is 33.8 Å². The van der Waals surface area contributed by atoms with E-state index in [1.165, 1.54) is 6.07 Å². The first kappa shape index (κ1) is 15.4. The minimum atomic E-state index is -0.140. The molecule has 1 aromatic rings. The average molecular weight is 280 g/mol. The van der Waals surface area contributed by atoms with Crippen molar-refractivity contribution in [3.05, 3.63) is 35.6 Å². The third-order valence-electron chi connectivity index (χ3n) is 4.30. The number of piperidine rings is 1. The lowest BCUT2D eigenvalue weighted by molar-refractivity contribution is -0.0523. The maximum absolute atomic E-state index is 13.9. The van der Waals surface area contributed by atoms with E-state index in [4.69, 9.17) is 4.74 Å². The highest BCUT2D eigenvalue weighted by Gasteiger charge is 2.31. The van der Waals surface area contributed by atoms with Crippen LogP contribution >= 0.6 is 0 Å². The predicted molar refractivity (Wildman–Crippen MR) is 79.3 cm³/mol. The number of ether oxygens (including phenoxy) is 1. The molecule has 0 spiro atoms. The molecule has 20 heavy (non-hydrogen) atoms. The summed E-state index contributed by atoms with van der Waals surface area (Å²) in [6.45, 7) is 4.90. The van der Waals surface area contributed by atoms with Crippen LogP contribution < -0.4 is 5.32 Å². The summed E-state index contributed by atoms with van der Waals surface area (Å²) in [6, 6.07) is 7.01. The smallest absolute Gasteiger partial charge is 0.128 e. The van der Waals surface area contributed by atoms with Crippen molar-refractivity contribution in [3.63, 3.8) is 0 Å². The Morgan fingerprint density at radius 2 is 2.20 bits per heavy atom. The summed E-state index contributed by atoms with van der Waals surface area (Å²) in [7, 11) is 3.66. The van der Waals surface area contributed by atoms with Gasteiger partial charge in [0.2, 0.25) is 0 Å². The summed E-state index contributed by atoms with van der Waals surface area (Å²) in [5, 5.41) is 3.23. The molecule has 1 heterocycles. The van der Waals surface area contributed by atoms with Crippen LogP contribution in [0, 0.1) is 5.82 Å². The van der Waals surface area contributed by atoms with Gasteiger partial charge >= 0.3 is 0 Å². The number of rotatable bonds is 5. The average Bonchev–Trinajstić information content (AvgIpc) is 2.46. The monoisotopic (exact) mass is 280 g/mol. The molecule has 0 aliphatic carbocycles. The number of likely N-dealkylation sites (N-methyl/N-ethyl adjacent to an activating group) is 1. The second-order valence-electron chi connectivity index (χ2n) is 5.86. The molecule has 2 unspecified atom stereocenters. The van der Waals surface area contributed by atoms with Crippen molar-refractivity contribution in [1.29, 1.82) is 0 Å². The summed E-state index contributed by atoms with van der Waals surface area (Å²) >= 11 is 0. The van der Waals surface area contributed by atoms with E-state index in [2.05, 4.69) is 17.1 Å². The Labute approximate surface area is 121 Å². The maximum atomic E-state index is 13.9. The van der Waals surface area contributed by atoms with Gasteiger partial charge in [0, 0.05) is 31.8 Å². The molecule has 1 N–H and O–H groups in total. The zero-order valence-electron chi connectivity index (χ0n) is 12.7. The van der Waals surface area contributed by atoms with Crippen LogP contribution in [0.5, 0.6) is 0 Å². The van der Waals surface area contributed by atoms with Gasteiger partial charge in [-0.1, -0.05) is 18.2 Å². The molecular weight excluding hydrogens is 255 g/mol. The third kappa shape index (κ3) is 3.57. The molecule has 2 rings (SSSR count). The molecule has 2 atom stereocenters. The highest BCUT2D eigenvalue weighted by atomic mass is 19.1. The molecule has 1 aromatic carbocycles. The summed E-state index contributed by atoms with van der Waals surface area (Å²) in [5.41, 5.74) is 0.658. The number of benzene rings is 1. The van der Waals surface area contributed by atoms with Crippen molar-refractivity contribution in [3.8, 4) is 0 Å². The Morgan fingerprint density at radius 3 is 2.85 bits per heavy atom. The maximum Gasteiger partial charge on any atom is 0.128 e. The van der Waals surface area contributed by atoms with Crippen LogP contribution in [-0.2, 0) is 4.74 Å². The van der Waals surface area contributed by atoms with Gasteiger partial charge in [0.25, 0.3) is 0 Å². The number of nitrogens with one attached hydrogen (secondary N) is 1. The van der Waals surface area contributed by atoms with E-state index in [-0.39, 0.29) is 17.5 Å². The normalized spacial score (nSPS) is 25.6. The Hall–Kier alpha value is -0.970. The van der Waals surface area contributed by atoms with Crippen LogP contribution in [0.25, 0.3) is 0 Å². The Balaban J connectivity index is 2.05. The van der Waals surface area contributed by atoms with Gasteiger partial charge < -0.3 is 10.1 Å². The molecule has 0 saturated carbocycles. The third-order valence-corrected chi connectivity index (χ3v) is 4.30. The molecule has 4 heteroatoms. The Morgan fingerprint density at radius 1 is 1.45 bits per heavy atom. The van der Waals surface area contributed by atoms with Crippen molar-refractivity contribution in [1.82, 2.24) is 10.2 Å². The van der Waals surface area contributed by atoms with E-state index in [9.17, 15) is 4.39 Å². The fourth-order valence-corrected chi connectivity index (χ4v) is 2.99. The van der Waals surface area contributed by atoms with Gasteiger partial charge in [-0.15, -0.1) is 0 Å². The highest BCUT2D eigenvalue weighted by Crippen LogP contribution is 2.26. The molecule has 1 saturated heterocycles. The first-order valence-electron chi connectivity index (χ1n) is 7.27. The molecule has 112 valence electrons. The molecule has 1 fully saturated rings. The number of nitrogens with zero attached hydrogens (tertiary/aromatic N) is 1. The van der Waals surface area contributed by atoms with Crippen LogP contribution in [0.1, 0.15) is 31.4 Å². The lowest BCUT2D eigenvalue weighted by Crippen LogP contribution is -2.49. The second-order valence-corrected chi connectivity index (χ2v) is 5.86. The van der Waals surface area contributed by atoms with Crippen LogP contribution in [-0.4, -0.2) is 44.3 Å². The van der Waals surface area contributed by atoms with Gasteiger partial charge in [-0.2, -0.15) is 0 Å². The van der Waals surface area contributed by atoms with E-state index in [0.717, 1.165) is 38.0 Å². The standard InChI is InChI=1S/C16H25FN2O/c1-16(20-3)9-6-10-19(12-16)11-15(18-2)13-7-4-5-8-14(13)17/h4-5,7-8,15,18H,6,9-12H2,1-3H3. The molecule has 0 aromatic heterocycles. The van der Waals surface area contributed by atoms with Crippen LogP contribution in [0.4, 0.5) is 4.39 Å². The SMILES string of the molecule is CNC(CN1CCCC(C)(OC)C1)c1ccccc1F. The fraction of sp³-hybridized carbons (Fsp3) is 0.625. The van der Waals surface area contributed by atoms with Crippen molar-refractivity contribution in [2.24, 2.45) is 0 Å². The summed E-state index contributed by atoms with van der Waals surface area (Å²) < 4.78 is 19.5. The lowest BCUT2D eigenvalue weighted by Gasteiger charge is -2.40. The number of hydrogen-bond acceptors (Lipinski definition) is 3. The Kier molecular flexibility index (Phi) is 5.13. The van der Waals surface area contributed by atoms with Crippen LogP contribution in [0.3, 0.4) is 0 Å². The van der Waals surface area contributed by atoms with Gasteiger partial charge in [-0.3, -0.25) is 4.90 Å². The molecule has 1 aliphatic rings. The van der Waals surface area contributed by atoms with Gasteiger partial charge in [-0.05, 0) is 39.4 Å². The molecule has 3 nitrogen and oxygen atoms in total. The molecule has 0 radical (unpaired) electrons. The summed E-state index contributed by atoms with van der Waals surface area (Å²) in [4.78, 5) is 2.36. The minimum Gasteiger partial charge on any atom is -0.377 e. The van der Waals surface area contributed by atoms with Gasteiger partial charge in [0.05, 0.1) is 5.60 Å². The minimum absolute atomic E-state index is 0.00964. The van der Waals surface area contributed by atoms with E-state index < -0.39 is 0 Å². The van der Waals surface area contributed by atoms with Crippen molar-refractivity contribution >= 4 is 0 Å². The second kappa shape index (κ2) is 6.66. The Bertz CT molecular complexity index is 440. The fourth-order valence-electron chi connectivity index (χ4n) is 2.99. The number of methoxy groups -OCH3 is 1. The van der Waals surface area contributed by atoms with Gasteiger partial charge in [0.15, 0.2) is 0 Å². The number of halogens is 1. The molecule has 1 aliphatic heterocycles. The van der Waals surface area contributed by atoms with E-state index >= 15 is 0 Å². The first-order valence-corrected chi connectivity index (χ1v) is 7.27. The van der Waals surface area contributed by atoms with Crippen LogP contribution in [0.2, 0.25) is 0 Å². The summed E-state index contributed by atoms with van der Waals surface area (Å²) in [5.74, 6) is -0.140. The zero-order valence-corrected chi connectivity index (χ0v) is 12.7.